The third-order valence-corrected chi connectivity index (χ3v) is 4.82. The first kappa shape index (κ1) is 24.0. The number of carboxylic acids is 1. The zero-order valence-electron chi connectivity index (χ0n) is 17.2. The number of carboxylic acid groups (broad SMARTS) is 1. The van der Waals surface area contributed by atoms with E-state index in [9.17, 15) is 34.7 Å². The van der Waals surface area contributed by atoms with Crippen LogP contribution in [-0.4, -0.2) is 32.9 Å². The Labute approximate surface area is 197 Å². The van der Waals surface area contributed by atoms with Gasteiger partial charge in [-0.3, -0.25) is 19.7 Å². The van der Waals surface area contributed by atoms with Crippen molar-refractivity contribution in [3.05, 3.63) is 104 Å². The average molecular weight is 482 g/mol. The van der Waals surface area contributed by atoms with E-state index in [1.54, 1.807) is 18.2 Å². The second kappa shape index (κ2) is 10.3. The number of aromatic hydroxyl groups is 1. The number of hydrogen-bond acceptors (Lipinski definition) is 6. The summed E-state index contributed by atoms with van der Waals surface area (Å²) < 4.78 is 0. The number of anilines is 1. The molecule has 34 heavy (non-hydrogen) atoms. The van der Waals surface area contributed by atoms with Crippen molar-refractivity contribution in [2.45, 2.75) is 0 Å². The van der Waals surface area contributed by atoms with E-state index in [2.05, 4.69) is 10.6 Å². The van der Waals surface area contributed by atoms with E-state index < -0.39 is 34.2 Å². The van der Waals surface area contributed by atoms with Crippen LogP contribution in [-0.2, 0) is 4.79 Å². The van der Waals surface area contributed by atoms with Gasteiger partial charge in [0.15, 0.2) is 0 Å². The van der Waals surface area contributed by atoms with Crippen molar-refractivity contribution < 1.29 is 29.5 Å². The maximum atomic E-state index is 12.7. The standard InChI is InChI=1S/C23H16ClN3O7/c24-17-12-15(27(33)34)7-8-18(17)25-22(30)16-10-13(6-9-20(16)28)11-19(23(31)32)26-21(29)14-4-2-1-3-5-14/h1-12,28H,(H,25,30)(H,26,29)(H,31,32)/b19-11+. The Kier molecular flexibility index (Phi) is 7.24. The summed E-state index contributed by atoms with van der Waals surface area (Å²) in [6.45, 7) is 0. The predicted octanol–water partition coefficient (Wildman–Crippen LogP) is 4.06. The predicted molar refractivity (Wildman–Crippen MR) is 124 cm³/mol. The third-order valence-electron chi connectivity index (χ3n) is 4.50. The monoisotopic (exact) mass is 481 g/mol. The van der Waals surface area contributed by atoms with Crippen molar-refractivity contribution in [3.63, 3.8) is 0 Å². The quantitative estimate of drug-likeness (QED) is 0.225. The van der Waals surface area contributed by atoms with Gasteiger partial charge >= 0.3 is 5.97 Å². The second-order valence-electron chi connectivity index (χ2n) is 6.84. The van der Waals surface area contributed by atoms with Crippen LogP contribution in [0.1, 0.15) is 26.3 Å². The summed E-state index contributed by atoms with van der Waals surface area (Å²) >= 11 is 5.98. The summed E-state index contributed by atoms with van der Waals surface area (Å²) in [5.41, 5.74) is -0.425. The lowest BCUT2D eigenvalue weighted by molar-refractivity contribution is -0.384. The lowest BCUT2D eigenvalue weighted by Crippen LogP contribution is -2.27. The van der Waals surface area contributed by atoms with Gasteiger partial charge < -0.3 is 20.8 Å². The number of carbonyl (C=O) groups excluding carboxylic acids is 2. The Morgan fingerprint density at radius 1 is 0.971 bits per heavy atom. The Morgan fingerprint density at radius 3 is 2.29 bits per heavy atom. The van der Waals surface area contributed by atoms with Gasteiger partial charge in [0.25, 0.3) is 17.5 Å². The number of nitro benzene ring substituents is 1. The van der Waals surface area contributed by atoms with Gasteiger partial charge in [0, 0.05) is 17.7 Å². The van der Waals surface area contributed by atoms with Gasteiger partial charge in [0.05, 0.1) is 21.2 Å². The van der Waals surface area contributed by atoms with E-state index >= 15 is 0 Å². The van der Waals surface area contributed by atoms with Crippen molar-refractivity contribution in [1.82, 2.24) is 5.32 Å². The molecule has 0 spiro atoms. The summed E-state index contributed by atoms with van der Waals surface area (Å²) in [4.78, 5) is 46.8. The molecule has 10 nitrogen and oxygen atoms in total. The number of amides is 2. The van der Waals surface area contributed by atoms with Crippen molar-refractivity contribution >= 4 is 46.8 Å². The number of halogens is 1. The number of carbonyl (C=O) groups is 3. The van der Waals surface area contributed by atoms with Gasteiger partial charge in [0.2, 0.25) is 0 Å². The molecule has 0 saturated heterocycles. The molecule has 172 valence electrons. The van der Waals surface area contributed by atoms with E-state index in [0.717, 1.165) is 18.2 Å². The van der Waals surface area contributed by atoms with E-state index in [-0.39, 0.29) is 33.1 Å². The van der Waals surface area contributed by atoms with Crippen LogP contribution in [0.4, 0.5) is 11.4 Å². The van der Waals surface area contributed by atoms with Crippen LogP contribution >= 0.6 is 11.6 Å². The minimum absolute atomic E-state index is 0.0685. The van der Waals surface area contributed by atoms with E-state index in [4.69, 9.17) is 11.6 Å². The SMILES string of the molecule is O=C(O)/C(=C\c1ccc(O)c(C(=O)Nc2ccc([N+](=O)[O-])cc2Cl)c1)NC(=O)c1ccccc1. The van der Waals surface area contributed by atoms with Gasteiger partial charge in [-0.2, -0.15) is 0 Å². The highest BCUT2D eigenvalue weighted by atomic mass is 35.5. The first-order valence-electron chi connectivity index (χ1n) is 9.55. The lowest BCUT2D eigenvalue weighted by Gasteiger charge is -2.10. The number of nitrogens with one attached hydrogen (secondary N) is 2. The Balaban J connectivity index is 1.86. The van der Waals surface area contributed by atoms with E-state index in [1.165, 1.54) is 36.4 Å². The lowest BCUT2D eigenvalue weighted by atomic mass is 10.1. The minimum atomic E-state index is -1.42. The molecule has 3 rings (SSSR count). The summed E-state index contributed by atoms with van der Waals surface area (Å²) in [6, 6.07) is 15.2. The minimum Gasteiger partial charge on any atom is -0.507 e. The number of phenols is 1. The fourth-order valence-electron chi connectivity index (χ4n) is 2.84. The summed E-state index contributed by atoms with van der Waals surface area (Å²) in [7, 11) is 0. The van der Waals surface area contributed by atoms with Crippen LogP contribution in [0, 0.1) is 10.1 Å². The molecule has 11 heteroatoms. The molecule has 0 heterocycles. The number of aliphatic carboxylic acids is 1. The van der Waals surface area contributed by atoms with Crippen LogP contribution in [0.3, 0.4) is 0 Å². The van der Waals surface area contributed by atoms with Crippen molar-refractivity contribution in [2.24, 2.45) is 0 Å². The molecule has 0 radical (unpaired) electrons. The summed E-state index contributed by atoms with van der Waals surface area (Å²) in [5, 5.41) is 35.1. The smallest absolute Gasteiger partial charge is 0.352 e. The van der Waals surface area contributed by atoms with E-state index in [0.29, 0.717) is 0 Å². The van der Waals surface area contributed by atoms with Crippen LogP contribution in [0.25, 0.3) is 6.08 Å². The maximum absolute atomic E-state index is 12.7. The molecule has 0 unspecified atom stereocenters. The summed E-state index contributed by atoms with van der Waals surface area (Å²) in [6.07, 6.45) is 1.12. The number of benzene rings is 3. The number of hydrogen-bond donors (Lipinski definition) is 4. The van der Waals surface area contributed by atoms with Crippen molar-refractivity contribution in [3.8, 4) is 5.75 Å². The first-order chi connectivity index (χ1) is 16.2. The molecular weight excluding hydrogens is 466 g/mol. The topological polar surface area (TPSA) is 159 Å². The molecule has 0 aliphatic carbocycles. The number of nitrogens with zero attached hydrogens (tertiary/aromatic N) is 1. The van der Waals surface area contributed by atoms with Gasteiger partial charge in [-0.05, 0) is 42.0 Å². The van der Waals surface area contributed by atoms with Gasteiger partial charge in [-0.25, -0.2) is 4.79 Å². The van der Waals surface area contributed by atoms with Gasteiger partial charge in [0.1, 0.15) is 11.4 Å². The molecule has 0 bridgehead atoms. The molecule has 2 amide bonds. The second-order valence-corrected chi connectivity index (χ2v) is 7.24. The molecule has 0 fully saturated rings. The molecular formula is C23H16ClN3O7. The van der Waals surface area contributed by atoms with Crippen LogP contribution in [0.5, 0.6) is 5.75 Å². The van der Waals surface area contributed by atoms with Gasteiger partial charge in [-0.15, -0.1) is 0 Å². The zero-order chi connectivity index (χ0) is 24.8. The van der Waals surface area contributed by atoms with Crippen LogP contribution in [0.15, 0.2) is 72.4 Å². The number of phenolic OH excluding ortho intramolecular Hbond substituents is 1. The molecule has 0 aliphatic heterocycles. The van der Waals surface area contributed by atoms with Crippen molar-refractivity contribution in [2.75, 3.05) is 5.32 Å². The average Bonchev–Trinajstić information content (AvgIpc) is 2.81. The molecule has 4 N–H and O–H groups in total. The molecule has 0 atom stereocenters. The zero-order valence-corrected chi connectivity index (χ0v) is 17.9. The highest BCUT2D eigenvalue weighted by Crippen LogP contribution is 2.28. The number of rotatable bonds is 7. The molecule has 0 saturated carbocycles. The highest BCUT2D eigenvalue weighted by molar-refractivity contribution is 6.34. The molecule has 3 aromatic carbocycles. The van der Waals surface area contributed by atoms with Crippen molar-refractivity contribution in [1.29, 1.82) is 0 Å². The number of nitro groups is 1. The largest absolute Gasteiger partial charge is 0.507 e. The van der Waals surface area contributed by atoms with Crippen LogP contribution < -0.4 is 10.6 Å². The Bertz CT molecular complexity index is 1320. The fourth-order valence-corrected chi connectivity index (χ4v) is 3.06. The molecule has 3 aromatic rings. The third kappa shape index (κ3) is 5.75. The fraction of sp³-hybridized carbons (Fsp3) is 0. The Morgan fingerprint density at radius 2 is 1.68 bits per heavy atom. The van der Waals surface area contributed by atoms with E-state index in [1.807, 2.05) is 0 Å². The van der Waals surface area contributed by atoms with Crippen LogP contribution in [0.2, 0.25) is 5.02 Å². The first-order valence-corrected chi connectivity index (χ1v) is 9.93. The van der Waals surface area contributed by atoms with Gasteiger partial charge in [-0.1, -0.05) is 35.9 Å². The summed E-state index contributed by atoms with van der Waals surface area (Å²) in [5.74, 6) is -3.26. The molecule has 0 aliphatic rings. The maximum Gasteiger partial charge on any atom is 0.352 e. The normalized spacial score (nSPS) is 10.9. The molecule has 0 aromatic heterocycles. The number of non-ortho nitro benzene ring substituents is 1. The Hall–Kier alpha value is -4.70. The highest BCUT2D eigenvalue weighted by Gasteiger charge is 2.17.